The maximum atomic E-state index is 6.00. The summed E-state index contributed by atoms with van der Waals surface area (Å²) in [7, 11) is 0. The van der Waals surface area contributed by atoms with E-state index in [1.165, 1.54) is 5.69 Å². The van der Waals surface area contributed by atoms with Crippen molar-refractivity contribution in [3.8, 4) is 0 Å². The molecule has 0 amide bonds. The lowest BCUT2D eigenvalue weighted by molar-refractivity contribution is 0.247. The minimum absolute atomic E-state index is 0.762. The van der Waals surface area contributed by atoms with Crippen LogP contribution in [0.1, 0.15) is 5.69 Å². The van der Waals surface area contributed by atoms with Crippen molar-refractivity contribution in [1.82, 2.24) is 9.88 Å². The molecule has 0 saturated carbocycles. The molecule has 0 spiro atoms. The van der Waals surface area contributed by atoms with Gasteiger partial charge in [0.1, 0.15) is 0 Å². The number of nitrogens with zero attached hydrogens (tertiary/aromatic N) is 3. The number of halogens is 1. The molecule has 0 N–H and O–H groups in total. The zero-order valence-corrected chi connectivity index (χ0v) is 12.1. The van der Waals surface area contributed by atoms with E-state index in [0.717, 1.165) is 43.4 Å². The summed E-state index contributed by atoms with van der Waals surface area (Å²) in [5, 5.41) is 0.762. The van der Waals surface area contributed by atoms with E-state index >= 15 is 0 Å². The second kappa shape index (κ2) is 6.25. The van der Waals surface area contributed by atoms with E-state index in [2.05, 4.69) is 45.1 Å². The molecule has 2 aromatic rings. The summed E-state index contributed by atoms with van der Waals surface area (Å²) < 4.78 is 0. The molecular weight excluding hydrogens is 270 g/mol. The SMILES string of the molecule is Clc1ccnc(CN2CCN(c3ccccc3)CC2)c1. The molecule has 2 heterocycles. The van der Waals surface area contributed by atoms with E-state index in [-0.39, 0.29) is 0 Å². The van der Waals surface area contributed by atoms with Gasteiger partial charge in [-0.3, -0.25) is 9.88 Å². The van der Waals surface area contributed by atoms with Crippen molar-refractivity contribution in [3.63, 3.8) is 0 Å². The first-order valence-corrected chi connectivity index (χ1v) is 7.32. The number of hydrogen-bond acceptors (Lipinski definition) is 3. The first-order chi connectivity index (χ1) is 9.81. The van der Waals surface area contributed by atoms with Gasteiger partial charge in [0.05, 0.1) is 5.69 Å². The molecule has 0 bridgehead atoms. The van der Waals surface area contributed by atoms with E-state index < -0.39 is 0 Å². The van der Waals surface area contributed by atoms with Gasteiger partial charge < -0.3 is 4.90 Å². The van der Waals surface area contributed by atoms with Crippen molar-refractivity contribution in [2.45, 2.75) is 6.54 Å². The Balaban J connectivity index is 1.56. The predicted molar refractivity (Wildman–Crippen MR) is 83.2 cm³/mol. The van der Waals surface area contributed by atoms with E-state index in [4.69, 9.17) is 11.6 Å². The first kappa shape index (κ1) is 13.4. The fourth-order valence-corrected chi connectivity index (χ4v) is 2.75. The van der Waals surface area contributed by atoms with Crippen LogP contribution in [0.5, 0.6) is 0 Å². The molecular formula is C16H18ClN3. The number of hydrogen-bond donors (Lipinski definition) is 0. The van der Waals surface area contributed by atoms with Crippen molar-refractivity contribution in [2.75, 3.05) is 31.1 Å². The summed E-state index contributed by atoms with van der Waals surface area (Å²) in [4.78, 5) is 9.23. The van der Waals surface area contributed by atoms with Crippen LogP contribution in [0.2, 0.25) is 5.02 Å². The van der Waals surface area contributed by atoms with E-state index in [0.29, 0.717) is 0 Å². The molecule has 0 atom stereocenters. The van der Waals surface area contributed by atoms with Crippen LogP contribution >= 0.6 is 11.6 Å². The maximum absolute atomic E-state index is 6.00. The Hall–Kier alpha value is -1.58. The van der Waals surface area contributed by atoms with Gasteiger partial charge in [-0.15, -0.1) is 0 Å². The molecule has 1 fully saturated rings. The Morgan fingerprint density at radius 1 is 1.00 bits per heavy atom. The highest BCUT2D eigenvalue weighted by molar-refractivity contribution is 6.30. The normalized spacial score (nSPS) is 16.4. The molecule has 1 aliphatic rings. The maximum Gasteiger partial charge on any atom is 0.0558 e. The van der Waals surface area contributed by atoms with Crippen LogP contribution in [0.15, 0.2) is 48.7 Å². The van der Waals surface area contributed by atoms with Gasteiger partial charge in [0.15, 0.2) is 0 Å². The number of rotatable bonds is 3. The van der Waals surface area contributed by atoms with Crippen molar-refractivity contribution < 1.29 is 0 Å². The summed E-state index contributed by atoms with van der Waals surface area (Å²) in [6.45, 7) is 5.12. The van der Waals surface area contributed by atoms with Crippen LogP contribution in [-0.4, -0.2) is 36.1 Å². The molecule has 0 unspecified atom stereocenters. The molecule has 4 heteroatoms. The molecule has 0 aliphatic carbocycles. The average Bonchev–Trinajstić information content (AvgIpc) is 2.49. The van der Waals surface area contributed by atoms with Gasteiger partial charge in [-0.1, -0.05) is 29.8 Å². The topological polar surface area (TPSA) is 19.4 Å². The fourth-order valence-electron chi connectivity index (χ4n) is 2.57. The van der Waals surface area contributed by atoms with Crippen molar-refractivity contribution in [3.05, 3.63) is 59.4 Å². The summed E-state index contributed by atoms with van der Waals surface area (Å²) in [6.07, 6.45) is 1.78. The Labute approximate surface area is 124 Å². The van der Waals surface area contributed by atoms with Crippen molar-refractivity contribution in [1.29, 1.82) is 0 Å². The van der Waals surface area contributed by atoms with E-state index in [9.17, 15) is 0 Å². The molecule has 0 radical (unpaired) electrons. The average molecular weight is 288 g/mol. The summed E-state index contributed by atoms with van der Waals surface area (Å²) in [6, 6.07) is 14.4. The van der Waals surface area contributed by atoms with Gasteiger partial charge >= 0.3 is 0 Å². The highest BCUT2D eigenvalue weighted by Gasteiger charge is 2.17. The molecule has 1 saturated heterocycles. The fraction of sp³-hybridized carbons (Fsp3) is 0.312. The van der Waals surface area contributed by atoms with Crippen LogP contribution in [-0.2, 0) is 6.54 Å². The van der Waals surface area contributed by atoms with Gasteiger partial charge in [-0.2, -0.15) is 0 Å². The molecule has 3 rings (SSSR count). The largest absolute Gasteiger partial charge is 0.369 e. The van der Waals surface area contributed by atoms with Crippen molar-refractivity contribution in [2.24, 2.45) is 0 Å². The van der Waals surface area contributed by atoms with Crippen LogP contribution < -0.4 is 4.90 Å². The number of para-hydroxylation sites is 1. The minimum atomic E-state index is 0.762. The predicted octanol–water partition coefficient (Wildman–Crippen LogP) is 3.06. The molecule has 1 aromatic heterocycles. The van der Waals surface area contributed by atoms with Crippen LogP contribution in [0.25, 0.3) is 0 Å². The third-order valence-corrected chi connectivity index (χ3v) is 3.89. The molecule has 104 valence electrons. The highest BCUT2D eigenvalue weighted by Crippen LogP contribution is 2.17. The Kier molecular flexibility index (Phi) is 4.19. The van der Waals surface area contributed by atoms with E-state index in [1.54, 1.807) is 6.20 Å². The third kappa shape index (κ3) is 3.30. The standard InChI is InChI=1S/C16H18ClN3/c17-14-6-7-18-15(12-14)13-19-8-10-20(11-9-19)16-4-2-1-3-5-16/h1-7,12H,8-11,13H2. The minimum Gasteiger partial charge on any atom is -0.369 e. The van der Waals surface area contributed by atoms with Gasteiger partial charge in [-0.05, 0) is 24.3 Å². The Bertz CT molecular complexity index is 551. The molecule has 1 aliphatic heterocycles. The summed E-state index contributed by atoms with van der Waals surface area (Å²) >= 11 is 6.00. The zero-order chi connectivity index (χ0) is 13.8. The first-order valence-electron chi connectivity index (χ1n) is 6.94. The second-order valence-corrected chi connectivity index (χ2v) is 5.50. The van der Waals surface area contributed by atoms with E-state index in [1.807, 2.05) is 12.1 Å². The lowest BCUT2D eigenvalue weighted by Crippen LogP contribution is -2.46. The zero-order valence-electron chi connectivity index (χ0n) is 11.4. The van der Waals surface area contributed by atoms with Gasteiger partial charge in [0.2, 0.25) is 0 Å². The molecule has 3 nitrogen and oxygen atoms in total. The summed E-state index contributed by atoms with van der Waals surface area (Å²) in [5.74, 6) is 0. The second-order valence-electron chi connectivity index (χ2n) is 5.06. The molecule has 1 aromatic carbocycles. The molecule has 20 heavy (non-hydrogen) atoms. The quantitative estimate of drug-likeness (QED) is 0.865. The van der Waals surface area contributed by atoms with Gasteiger partial charge in [0, 0.05) is 49.6 Å². The lowest BCUT2D eigenvalue weighted by Gasteiger charge is -2.35. The summed E-state index contributed by atoms with van der Waals surface area (Å²) in [5.41, 5.74) is 2.36. The smallest absolute Gasteiger partial charge is 0.0558 e. The van der Waals surface area contributed by atoms with Crippen molar-refractivity contribution >= 4 is 17.3 Å². The van der Waals surface area contributed by atoms with Crippen LogP contribution in [0.4, 0.5) is 5.69 Å². The van der Waals surface area contributed by atoms with Gasteiger partial charge in [-0.25, -0.2) is 0 Å². The Morgan fingerprint density at radius 3 is 2.45 bits per heavy atom. The lowest BCUT2D eigenvalue weighted by atomic mass is 10.2. The highest BCUT2D eigenvalue weighted by atomic mass is 35.5. The number of benzene rings is 1. The number of piperazine rings is 1. The van der Waals surface area contributed by atoms with Crippen LogP contribution in [0, 0.1) is 0 Å². The number of anilines is 1. The monoisotopic (exact) mass is 287 g/mol. The third-order valence-electron chi connectivity index (χ3n) is 3.66. The number of pyridine rings is 1. The van der Waals surface area contributed by atoms with Gasteiger partial charge in [0.25, 0.3) is 0 Å². The number of aromatic nitrogens is 1. The Morgan fingerprint density at radius 2 is 1.75 bits per heavy atom. The van der Waals surface area contributed by atoms with Crippen LogP contribution in [0.3, 0.4) is 0 Å².